The molecule has 1 heterocycles. The standard InChI is InChI=1S/C25H22ClNO3/c1-16-11-21(29-15-18-5-4-6-19(26)12-18)14-22-24(16)25(28)23(30-22)13-17-7-9-20(10-8-17)27(2)3/h4-14H,15H2,1-3H3/b23-13-. The van der Waals surface area contributed by atoms with Crippen molar-refractivity contribution >= 4 is 29.1 Å². The minimum Gasteiger partial charge on any atom is -0.489 e. The number of carbonyl (C=O) groups excluding carboxylic acids is 1. The number of allylic oxidation sites excluding steroid dienone is 1. The molecule has 4 rings (SSSR count). The van der Waals surface area contributed by atoms with E-state index in [9.17, 15) is 4.79 Å². The molecule has 1 aliphatic heterocycles. The number of benzene rings is 3. The Morgan fingerprint density at radius 2 is 1.83 bits per heavy atom. The van der Waals surface area contributed by atoms with Crippen LogP contribution in [0.4, 0.5) is 5.69 Å². The number of anilines is 1. The van der Waals surface area contributed by atoms with Crippen LogP contribution in [0.2, 0.25) is 5.02 Å². The molecule has 5 heteroatoms. The average Bonchev–Trinajstić information content (AvgIpc) is 3.02. The Morgan fingerprint density at radius 1 is 1.07 bits per heavy atom. The second kappa shape index (κ2) is 8.25. The smallest absolute Gasteiger partial charge is 0.232 e. The van der Waals surface area contributed by atoms with Gasteiger partial charge in [-0.1, -0.05) is 35.9 Å². The molecule has 0 saturated heterocycles. The van der Waals surface area contributed by atoms with Crippen molar-refractivity contribution in [3.63, 3.8) is 0 Å². The molecule has 0 atom stereocenters. The first-order valence-electron chi connectivity index (χ1n) is 9.64. The quantitative estimate of drug-likeness (QED) is 0.482. The predicted octanol–water partition coefficient (Wildman–Crippen LogP) is 5.91. The van der Waals surface area contributed by atoms with Crippen LogP contribution in [0.5, 0.6) is 11.5 Å². The van der Waals surface area contributed by atoms with Gasteiger partial charge in [-0.05, 0) is 60.0 Å². The summed E-state index contributed by atoms with van der Waals surface area (Å²) in [6.07, 6.45) is 1.77. The van der Waals surface area contributed by atoms with Gasteiger partial charge < -0.3 is 14.4 Å². The molecular formula is C25H22ClNO3. The Bertz CT molecular complexity index is 1130. The highest BCUT2D eigenvalue weighted by atomic mass is 35.5. The van der Waals surface area contributed by atoms with Gasteiger partial charge in [0.05, 0.1) is 5.56 Å². The molecule has 0 N–H and O–H groups in total. The van der Waals surface area contributed by atoms with Crippen LogP contribution in [0.15, 0.2) is 66.4 Å². The number of fused-ring (bicyclic) bond motifs is 1. The zero-order valence-electron chi connectivity index (χ0n) is 17.1. The summed E-state index contributed by atoms with van der Waals surface area (Å²) in [6, 6.07) is 19.1. The van der Waals surface area contributed by atoms with Crippen LogP contribution >= 0.6 is 11.6 Å². The van der Waals surface area contributed by atoms with Gasteiger partial charge in [-0.2, -0.15) is 0 Å². The fourth-order valence-electron chi connectivity index (χ4n) is 3.37. The van der Waals surface area contributed by atoms with Crippen LogP contribution < -0.4 is 14.4 Å². The first kappa shape index (κ1) is 20.0. The molecule has 0 bridgehead atoms. The summed E-state index contributed by atoms with van der Waals surface area (Å²) in [5.41, 5.74) is 4.38. The zero-order chi connectivity index (χ0) is 21.3. The largest absolute Gasteiger partial charge is 0.489 e. The van der Waals surface area contributed by atoms with Crippen LogP contribution in [0.25, 0.3) is 6.08 Å². The van der Waals surface area contributed by atoms with Gasteiger partial charge in [0, 0.05) is 30.9 Å². The summed E-state index contributed by atoms with van der Waals surface area (Å²) in [7, 11) is 3.98. The summed E-state index contributed by atoms with van der Waals surface area (Å²) in [5.74, 6) is 1.38. The number of halogens is 1. The Morgan fingerprint density at radius 3 is 2.53 bits per heavy atom. The molecule has 0 amide bonds. The zero-order valence-corrected chi connectivity index (χ0v) is 17.9. The maximum atomic E-state index is 12.9. The molecule has 3 aromatic rings. The molecule has 4 nitrogen and oxygen atoms in total. The van der Waals surface area contributed by atoms with Crippen LogP contribution in [0, 0.1) is 6.92 Å². The molecule has 0 spiro atoms. The molecule has 0 fully saturated rings. The summed E-state index contributed by atoms with van der Waals surface area (Å²) in [6.45, 7) is 2.27. The van der Waals surface area contributed by atoms with E-state index in [2.05, 4.69) is 0 Å². The van der Waals surface area contributed by atoms with Crippen molar-refractivity contribution in [3.05, 3.63) is 93.7 Å². The third kappa shape index (κ3) is 4.19. The monoisotopic (exact) mass is 419 g/mol. The summed E-state index contributed by atoms with van der Waals surface area (Å²) in [5, 5.41) is 0.670. The second-order valence-corrected chi connectivity index (χ2v) is 7.89. The maximum absolute atomic E-state index is 12.9. The molecular weight excluding hydrogens is 398 g/mol. The molecule has 0 unspecified atom stereocenters. The molecule has 0 aliphatic carbocycles. The Kier molecular flexibility index (Phi) is 5.51. The van der Waals surface area contributed by atoms with Crippen molar-refractivity contribution in [2.75, 3.05) is 19.0 Å². The fourth-order valence-corrected chi connectivity index (χ4v) is 3.59. The Labute approximate surface area is 181 Å². The molecule has 1 aliphatic rings. The van der Waals surface area contributed by atoms with Gasteiger partial charge in [0.1, 0.15) is 18.1 Å². The number of aryl methyl sites for hydroxylation is 1. The number of rotatable bonds is 5. The van der Waals surface area contributed by atoms with Crippen molar-refractivity contribution in [1.29, 1.82) is 0 Å². The third-order valence-electron chi connectivity index (χ3n) is 4.95. The highest BCUT2D eigenvalue weighted by Gasteiger charge is 2.30. The van der Waals surface area contributed by atoms with E-state index < -0.39 is 0 Å². The second-order valence-electron chi connectivity index (χ2n) is 7.46. The van der Waals surface area contributed by atoms with Crippen molar-refractivity contribution in [1.82, 2.24) is 0 Å². The maximum Gasteiger partial charge on any atom is 0.232 e. The van der Waals surface area contributed by atoms with Crippen molar-refractivity contribution in [3.8, 4) is 11.5 Å². The average molecular weight is 420 g/mol. The number of carbonyl (C=O) groups is 1. The summed E-state index contributed by atoms with van der Waals surface area (Å²) >= 11 is 6.03. The molecule has 0 radical (unpaired) electrons. The van der Waals surface area contributed by atoms with E-state index in [1.807, 2.05) is 80.5 Å². The molecule has 3 aromatic carbocycles. The minimum atomic E-state index is -0.111. The molecule has 0 saturated carbocycles. The topological polar surface area (TPSA) is 38.8 Å². The van der Waals surface area contributed by atoms with E-state index in [0.717, 1.165) is 22.4 Å². The van der Waals surface area contributed by atoms with Crippen LogP contribution in [0.1, 0.15) is 27.0 Å². The van der Waals surface area contributed by atoms with E-state index in [1.165, 1.54) is 0 Å². The number of nitrogens with zero attached hydrogens (tertiary/aromatic N) is 1. The Balaban J connectivity index is 1.54. The number of Topliss-reactive ketones (excluding diaryl/α,β-unsaturated/α-hetero) is 1. The van der Waals surface area contributed by atoms with Gasteiger partial charge >= 0.3 is 0 Å². The van der Waals surface area contributed by atoms with Gasteiger partial charge in [-0.3, -0.25) is 4.79 Å². The molecule has 0 aromatic heterocycles. The van der Waals surface area contributed by atoms with E-state index in [0.29, 0.717) is 34.5 Å². The summed E-state index contributed by atoms with van der Waals surface area (Å²) < 4.78 is 11.8. The van der Waals surface area contributed by atoms with Gasteiger partial charge in [0.25, 0.3) is 0 Å². The first-order chi connectivity index (χ1) is 14.4. The van der Waals surface area contributed by atoms with Crippen LogP contribution in [-0.4, -0.2) is 19.9 Å². The SMILES string of the molecule is Cc1cc(OCc2cccc(Cl)c2)cc2c1C(=O)/C(=C/c1ccc(N(C)C)cc1)O2. The number of hydrogen-bond acceptors (Lipinski definition) is 4. The highest BCUT2D eigenvalue weighted by Crippen LogP contribution is 2.37. The van der Waals surface area contributed by atoms with Gasteiger partial charge in [0.15, 0.2) is 5.76 Å². The van der Waals surface area contributed by atoms with Crippen molar-refractivity contribution in [2.45, 2.75) is 13.5 Å². The number of ketones is 1. The number of ether oxygens (including phenoxy) is 2. The lowest BCUT2D eigenvalue weighted by atomic mass is 10.0. The van der Waals surface area contributed by atoms with Gasteiger partial charge in [-0.25, -0.2) is 0 Å². The lowest BCUT2D eigenvalue weighted by Crippen LogP contribution is -2.08. The lowest BCUT2D eigenvalue weighted by molar-refractivity contribution is 0.101. The van der Waals surface area contributed by atoms with Crippen LogP contribution in [0.3, 0.4) is 0 Å². The van der Waals surface area contributed by atoms with E-state index in [-0.39, 0.29) is 5.78 Å². The van der Waals surface area contributed by atoms with Crippen LogP contribution in [-0.2, 0) is 6.61 Å². The van der Waals surface area contributed by atoms with E-state index in [4.69, 9.17) is 21.1 Å². The fraction of sp³-hybridized carbons (Fsp3) is 0.160. The van der Waals surface area contributed by atoms with Crippen molar-refractivity contribution < 1.29 is 14.3 Å². The normalized spacial score (nSPS) is 13.9. The first-order valence-corrected chi connectivity index (χ1v) is 10.0. The highest BCUT2D eigenvalue weighted by molar-refractivity contribution is 6.30. The number of hydrogen-bond donors (Lipinski definition) is 0. The molecule has 30 heavy (non-hydrogen) atoms. The van der Waals surface area contributed by atoms with E-state index in [1.54, 1.807) is 12.1 Å². The minimum absolute atomic E-state index is 0.111. The predicted molar refractivity (Wildman–Crippen MR) is 121 cm³/mol. The van der Waals surface area contributed by atoms with E-state index >= 15 is 0 Å². The third-order valence-corrected chi connectivity index (χ3v) is 5.18. The van der Waals surface area contributed by atoms with Crippen molar-refractivity contribution in [2.24, 2.45) is 0 Å². The van der Waals surface area contributed by atoms with Gasteiger partial charge in [-0.15, -0.1) is 0 Å². The lowest BCUT2D eigenvalue weighted by Gasteiger charge is -2.11. The Hall–Kier alpha value is -3.24. The molecule has 152 valence electrons. The summed E-state index contributed by atoms with van der Waals surface area (Å²) in [4.78, 5) is 14.9. The van der Waals surface area contributed by atoms with Gasteiger partial charge in [0.2, 0.25) is 5.78 Å².